The van der Waals surface area contributed by atoms with Gasteiger partial charge in [0.1, 0.15) is 23.3 Å². The number of halogens is 3. The molecule has 0 aliphatic carbocycles. The van der Waals surface area contributed by atoms with Crippen LogP contribution in [0.15, 0.2) is 116 Å². The summed E-state index contributed by atoms with van der Waals surface area (Å²) in [5, 5.41) is 3.86. The lowest BCUT2D eigenvalue weighted by atomic mass is 10.0. The second-order valence-corrected chi connectivity index (χ2v) is 10.0. The molecule has 0 spiro atoms. The highest BCUT2D eigenvalue weighted by molar-refractivity contribution is 7.80. The molecule has 0 saturated carbocycles. The number of nitrogens with zero attached hydrogens (tertiary/aromatic N) is 3. The Morgan fingerprint density at radius 3 is 2.19 bits per heavy atom. The van der Waals surface area contributed by atoms with Crippen molar-refractivity contribution < 1.29 is 22.6 Å². The van der Waals surface area contributed by atoms with Crippen LogP contribution in [0.3, 0.4) is 0 Å². The Labute approximate surface area is 246 Å². The van der Waals surface area contributed by atoms with Gasteiger partial charge in [-0.05, 0) is 103 Å². The second-order valence-electron chi connectivity index (χ2n) is 9.62. The quantitative estimate of drug-likeness (QED) is 0.196. The van der Waals surface area contributed by atoms with E-state index in [0.717, 1.165) is 35.0 Å². The molecule has 3 heterocycles. The number of anilines is 1. The molecule has 5 aromatic rings. The van der Waals surface area contributed by atoms with Gasteiger partial charge in [-0.3, -0.25) is 4.98 Å². The number of rotatable bonds is 7. The van der Waals surface area contributed by atoms with E-state index in [2.05, 4.69) is 10.3 Å². The molecule has 6 nitrogen and oxygen atoms in total. The number of benzene rings is 3. The molecule has 0 amide bonds. The zero-order valence-corrected chi connectivity index (χ0v) is 23.1. The van der Waals surface area contributed by atoms with E-state index in [1.165, 1.54) is 6.07 Å². The number of ether oxygens (including phenoxy) is 2. The minimum atomic E-state index is -4.46. The first kappa shape index (κ1) is 27.3. The van der Waals surface area contributed by atoms with Crippen LogP contribution in [0.4, 0.5) is 18.9 Å². The SMILES string of the molecule is COc1ccc(Oc2ccc(N3C(=S)N[C@H](c4ccccn4)[C@H]3c3cccn3-c3cccc(C(F)(F)F)c3)cc2)cc1. The maximum Gasteiger partial charge on any atom is 0.416 e. The van der Waals surface area contributed by atoms with Gasteiger partial charge >= 0.3 is 6.18 Å². The first-order chi connectivity index (χ1) is 20.3. The molecule has 2 aromatic heterocycles. The van der Waals surface area contributed by atoms with E-state index in [1.54, 1.807) is 30.1 Å². The number of aromatic nitrogens is 2. The van der Waals surface area contributed by atoms with Crippen LogP contribution in [0, 0.1) is 0 Å². The highest BCUT2D eigenvalue weighted by Crippen LogP contribution is 2.43. The first-order valence-corrected chi connectivity index (χ1v) is 13.5. The fourth-order valence-electron chi connectivity index (χ4n) is 5.09. The molecule has 1 fully saturated rings. The lowest BCUT2D eigenvalue weighted by Gasteiger charge is -2.29. The van der Waals surface area contributed by atoms with Gasteiger partial charge in [0.15, 0.2) is 5.11 Å². The third-order valence-electron chi connectivity index (χ3n) is 7.04. The molecule has 6 rings (SSSR count). The van der Waals surface area contributed by atoms with Crippen molar-refractivity contribution in [3.63, 3.8) is 0 Å². The summed E-state index contributed by atoms with van der Waals surface area (Å²) in [6.45, 7) is 0. The van der Waals surface area contributed by atoms with Crippen LogP contribution in [0.25, 0.3) is 5.69 Å². The third-order valence-corrected chi connectivity index (χ3v) is 7.36. The summed E-state index contributed by atoms with van der Waals surface area (Å²) in [5.41, 5.74) is 1.96. The molecular formula is C32H25F3N4O2S. The van der Waals surface area contributed by atoms with E-state index in [9.17, 15) is 13.2 Å². The average molecular weight is 587 g/mol. The maximum atomic E-state index is 13.6. The summed E-state index contributed by atoms with van der Waals surface area (Å²) in [6.07, 6.45) is -0.999. The fourth-order valence-corrected chi connectivity index (χ4v) is 5.44. The minimum absolute atomic E-state index is 0.367. The molecule has 0 unspecified atom stereocenters. The molecular weight excluding hydrogens is 561 g/mol. The van der Waals surface area contributed by atoms with Crippen LogP contribution < -0.4 is 19.7 Å². The fraction of sp³-hybridized carbons (Fsp3) is 0.125. The normalized spacial score (nSPS) is 16.8. The smallest absolute Gasteiger partial charge is 0.416 e. The van der Waals surface area contributed by atoms with Gasteiger partial charge in [-0.15, -0.1) is 0 Å². The summed E-state index contributed by atoms with van der Waals surface area (Å²) in [6, 6.07) is 28.6. The zero-order chi connectivity index (χ0) is 29.3. The van der Waals surface area contributed by atoms with Gasteiger partial charge in [-0.25, -0.2) is 0 Å². The minimum Gasteiger partial charge on any atom is -0.497 e. The topological polar surface area (TPSA) is 51.6 Å². The predicted octanol–water partition coefficient (Wildman–Crippen LogP) is 7.87. The van der Waals surface area contributed by atoms with Crippen molar-refractivity contribution in [1.82, 2.24) is 14.9 Å². The van der Waals surface area contributed by atoms with Gasteiger partial charge in [0.25, 0.3) is 0 Å². The molecule has 10 heteroatoms. The van der Waals surface area contributed by atoms with Crippen molar-refractivity contribution >= 4 is 23.0 Å². The van der Waals surface area contributed by atoms with Gasteiger partial charge < -0.3 is 24.3 Å². The van der Waals surface area contributed by atoms with Crippen LogP contribution in [-0.2, 0) is 6.18 Å². The van der Waals surface area contributed by atoms with Crippen LogP contribution >= 0.6 is 12.2 Å². The van der Waals surface area contributed by atoms with E-state index in [1.807, 2.05) is 83.8 Å². The Bertz CT molecular complexity index is 1690. The van der Waals surface area contributed by atoms with Gasteiger partial charge in [-0.1, -0.05) is 12.1 Å². The van der Waals surface area contributed by atoms with E-state index in [0.29, 0.717) is 22.3 Å². The average Bonchev–Trinajstić information content (AvgIpc) is 3.62. The van der Waals surface area contributed by atoms with Crippen molar-refractivity contribution in [2.45, 2.75) is 18.3 Å². The number of hydrogen-bond acceptors (Lipinski definition) is 4. The van der Waals surface area contributed by atoms with Crippen LogP contribution in [0.2, 0.25) is 0 Å². The van der Waals surface area contributed by atoms with E-state index < -0.39 is 17.8 Å². The Morgan fingerprint density at radius 1 is 0.810 bits per heavy atom. The summed E-state index contributed by atoms with van der Waals surface area (Å²) >= 11 is 5.83. The Hall–Kier alpha value is -4.83. The van der Waals surface area contributed by atoms with E-state index in [4.69, 9.17) is 21.7 Å². The summed E-state index contributed by atoms with van der Waals surface area (Å²) in [5.74, 6) is 2.03. The van der Waals surface area contributed by atoms with Gasteiger partial charge in [-0.2, -0.15) is 13.2 Å². The molecule has 1 saturated heterocycles. The molecule has 1 aliphatic heterocycles. The maximum absolute atomic E-state index is 13.6. The molecule has 42 heavy (non-hydrogen) atoms. The van der Waals surface area contributed by atoms with E-state index in [-0.39, 0.29) is 6.04 Å². The van der Waals surface area contributed by atoms with Crippen LogP contribution in [0.5, 0.6) is 17.2 Å². The summed E-state index contributed by atoms with van der Waals surface area (Å²) in [4.78, 5) is 6.53. The molecule has 1 aliphatic rings. The van der Waals surface area contributed by atoms with Crippen molar-refractivity contribution in [3.8, 4) is 22.9 Å². The van der Waals surface area contributed by atoms with Crippen LogP contribution in [0.1, 0.15) is 29.0 Å². The van der Waals surface area contributed by atoms with Crippen molar-refractivity contribution in [1.29, 1.82) is 0 Å². The van der Waals surface area contributed by atoms with Crippen molar-refractivity contribution in [2.75, 3.05) is 12.0 Å². The number of methoxy groups -OCH3 is 1. The third kappa shape index (κ3) is 5.40. The first-order valence-electron chi connectivity index (χ1n) is 13.1. The lowest BCUT2D eigenvalue weighted by Crippen LogP contribution is -2.30. The standard InChI is InChI=1S/C32H25F3N4O2S/c1-40-24-14-16-26(17-15-24)41-25-12-10-22(11-13-25)39-30(29(37-31(39)42)27-8-2-3-18-36-27)28-9-5-19-38(28)23-7-4-6-21(20-23)32(33,34)35/h2-20,29-30H,1H3,(H,37,42)/t29-,30-/m1/s1. The molecule has 1 N–H and O–H groups in total. The molecule has 0 radical (unpaired) electrons. The number of alkyl halides is 3. The molecule has 3 aromatic carbocycles. The largest absolute Gasteiger partial charge is 0.497 e. The summed E-state index contributed by atoms with van der Waals surface area (Å²) in [7, 11) is 1.61. The zero-order valence-electron chi connectivity index (χ0n) is 22.3. The highest BCUT2D eigenvalue weighted by Gasteiger charge is 2.42. The molecule has 2 atom stereocenters. The Kier molecular flexibility index (Phi) is 7.30. The van der Waals surface area contributed by atoms with Gasteiger partial charge in [0.2, 0.25) is 0 Å². The molecule has 212 valence electrons. The van der Waals surface area contributed by atoms with Gasteiger partial charge in [0.05, 0.1) is 24.4 Å². The predicted molar refractivity (Wildman–Crippen MR) is 158 cm³/mol. The Balaban J connectivity index is 1.38. The monoisotopic (exact) mass is 586 g/mol. The van der Waals surface area contributed by atoms with Crippen molar-refractivity contribution in [2.24, 2.45) is 0 Å². The summed E-state index contributed by atoms with van der Waals surface area (Å²) < 4.78 is 53.7. The lowest BCUT2D eigenvalue weighted by molar-refractivity contribution is -0.137. The number of hydrogen-bond donors (Lipinski definition) is 1. The van der Waals surface area contributed by atoms with E-state index >= 15 is 0 Å². The highest BCUT2D eigenvalue weighted by atomic mass is 32.1. The Morgan fingerprint density at radius 2 is 1.52 bits per heavy atom. The van der Waals surface area contributed by atoms with Gasteiger partial charge in [0, 0.05) is 29.5 Å². The number of pyridine rings is 1. The second kappa shape index (κ2) is 11.2. The van der Waals surface area contributed by atoms with Crippen LogP contribution in [-0.4, -0.2) is 21.8 Å². The molecule has 0 bridgehead atoms. The number of nitrogens with one attached hydrogen (secondary N) is 1. The number of thiocarbonyl (C=S) groups is 1. The van der Waals surface area contributed by atoms with Crippen molar-refractivity contribution in [3.05, 3.63) is 132 Å².